The Hall–Kier alpha value is -1.78. The molecule has 7 heteroatoms. The second kappa shape index (κ2) is 9.64. The highest BCUT2D eigenvalue weighted by atomic mass is 79.9. The molecule has 1 aromatic carbocycles. The number of hydrogen-bond donors (Lipinski definition) is 1. The maximum atomic E-state index is 12.9. The van der Waals surface area contributed by atoms with Crippen LogP contribution in [0.25, 0.3) is 10.9 Å². The Labute approximate surface area is 159 Å². The molecule has 1 amide bonds. The van der Waals surface area contributed by atoms with Gasteiger partial charge in [-0.15, -0.1) is 6.42 Å². The lowest BCUT2D eigenvalue weighted by molar-refractivity contribution is -0.118. The minimum absolute atomic E-state index is 0.0751. The first-order chi connectivity index (χ1) is 12.1. The number of halogens is 1. The van der Waals surface area contributed by atoms with Crippen LogP contribution in [0.3, 0.4) is 0 Å². The largest absolute Gasteiger partial charge is 0.344 e. The van der Waals surface area contributed by atoms with Crippen LogP contribution in [0.5, 0.6) is 0 Å². The molecule has 0 bridgehead atoms. The van der Waals surface area contributed by atoms with Gasteiger partial charge in [-0.05, 0) is 24.6 Å². The summed E-state index contributed by atoms with van der Waals surface area (Å²) in [5.74, 6) is 2.36. The number of thioether (sulfide) groups is 1. The first kappa shape index (κ1) is 19.5. The van der Waals surface area contributed by atoms with Crippen molar-refractivity contribution in [2.24, 2.45) is 0 Å². The molecule has 0 aliphatic rings. The van der Waals surface area contributed by atoms with Gasteiger partial charge in [-0.25, -0.2) is 4.98 Å². The number of benzene rings is 1. The van der Waals surface area contributed by atoms with E-state index < -0.39 is 0 Å². The van der Waals surface area contributed by atoms with E-state index in [1.165, 1.54) is 11.8 Å². The van der Waals surface area contributed by atoms with Gasteiger partial charge in [0.05, 0.1) is 23.2 Å². The molecule has 0 saturated heterocycles. The van der Waals surface area contributed by atoms with Gasteiger partial charge in [0.25, 0.3) is 5.56 Å². The molecule has 0 aliphatic heterocycles. The minimum atomic E-state index is -0.173. The molecule has 5 nitrogen and oxygen atoms in total. The number of nitrogens with one attached hydrogen (secondary N) is 1. The van der Waals surface area contributed by atoms with Gasteiger partial charge in [-0.3, -0.25) is 14.2 Å². The van der Waals surface area contributed by atoms with Crippen LogP contribution >= 0.6 is 27.7 Å². The number of fused-ring (bicyclic) bond motifs is 1. The molecule has 1 N–H and O–H groups in total. The Morgan fingerprint density at radius 1 is 1.44 bits per heavy atom. The Morgan fingerprint density at radius 2 is 2.24 bits per heavy atom. The molecule has 2 rings (SSSR count). The Kier molecular flexibility index (Phi) is 7.53. The van der Waals surface area contributed by atoms with Crippen molar-refractivity contribution >= 4 is 44.5 Å². The molecule has 1 aromatic heterocycles. The van der Waals surface area contributed by atoms with E-state index in [9.17, 15) is 9.59 Å². The van der Waals surface area contributed by atoms with Crippen LogP contribution in [-0.4, -0.2) is 27.8 Å². The van der Waals surface area contributed by atoms with Gasteiger partial charge in [-0.2, -0.15) is 0 Å². The summed E-state index contributed by atoms with van der Waals surface area (Å²) in [7, 11) is 0. The lowest BCUT2D eigenvalue weighted by atomic mass is 10.2. The van der Waals surface area contributed by atoms with E-state index in [4.69, 9.17) is 6.42 Å². The SMILES string of the molecule is C#CCNC(=O)CSc1nc2ccc(Br)cc2c(=O)n1CCCCC. The van der Waals surface area contributed by atoms with Gasteiger partial charge in [0.15, 0.2) is 5.16 Å². The smallest absolute Gasteiger partial charge is 0.262 e. The quantitative estimate of drug-likeness (QED) is 0.307. The van der Waals surface area contributed by atoms with Crippen molar-refractivity contribution in [2.45, 2.75) is 37.9 Å². The molecule has 25 heavy (non-hydrogen) atoms. The topological polar surface area (TPSA) is 64.0 Å². The maximum Gasteiger partial charge on any atom is 0.262 e. The number of nitrogens with zero attached hydrogens (tertiary/aromatic N) is 2. The van der Waals surface area contributed by atoms with Crippen LogP contribution in [0.2, 0.25) is 0 Å². The predicted octanol–water partition coefficient (Wildman–Crippen LogP) is 3.19. The van der Waals surface area contributed by atoms with Crippen LogP contribution < -0.4 is 10.9 Å². The number of hydrogen-bond acceptors (Lipinski definition) is 4. The molecule has 0 fully saturated rings. The fourth-order valence-corrected chi connectivity index (χ4v) is 3.55. The fourth-order valence-electron chi connectivity index (χ4n) is 2.33. The van der Waals surface area contributed by atoms with Crippen molar-refractivity contribution in [1.29, 1.82) is 0 Å². The standard InChI is InChI=1S/C18H20BrN3O2S/c1-3-5-6-10-22-17(24)14-11-13(19)7-8-15(14)21-18(22)25-12-16(23)20-9-4-2/h2,7-8,11H,3,5-6,9-10,12H2,1H3,(H,20,23). The molecule has 0 unspecified atom stereocenters. The van der Waals surface area contributed by atoms with Gasteiger partial charge in [0.2, 0.25) is 5.91 Å². The van der Waals surface area contributed by atoms with E-state index in [1.807, 2.05) is 6.07 Å². The summed E-state index contributed by atoms with van der Waals surface area (Å²) < 4.78 is 2.51. The van der Waals surface area contributed by atoms with E-state index in [2.05, 4.69) is 39.1 Å². The third kappa shape index (κ3) is 5.35. The summed E-state index contributed by atoms with van der Waals surface area (Å²) >= 11 is 4.65. The maximum absolute atomic E-state index is 12.9. The number of unbranched alkanes of at least 4 members (excludes halogenated alkanes) is 2. The van der Waals surface area contributed by atoms with Crippen LogP contribution in [0.15, 0.2) is 32.6 Å². The monoisotopic (exact) mass is 421 g/mol. The van der Waals surface area contributed by atoms with Crippen LogP contribution in [-0.2, 0) is 11.3 Å². The lowest BCUT2D eigenvalue weighted by Crippen LogP contribution is -2.27. The lowest BCUT2D eigenvalue weighted by Gasteiger charge is -2.13. The Morgan fingerprint density at radius 3 is 2.96 bits per heavy atom. The average Bonchev–Trinajstić information content (AvgIpc) is 2.61. The Balaban J connectivity index is 2.33. The van der Waals surface area contributed by atoms with Crippen molar-refractivity contribution in [2.75, 3.05) is 12.3 Å². The Bertz CT molecular complexity index is 858. The van der Waals surface area contributed by atoms with E-state index in [-0.39, 0.29) is 23.8 Å². The molecule has 0 radical (unpaired) electrons. The van der Waals surface area contributed by atoms with E-state index in [1.54, 1.807) is 16.7 Å². The highest BCUT2D eigenvalue weighted by Crippen LogP contribution is 2.21. The second-order valence-electron chi connectivity index (χ2n) is 5.49. The summed E-state index contributed by atoms with van der Waals surface area (Å²) in [5.41, 5.74) is 0.556. The molecule has 0 atom stereocenters. The minimum Gasteiger partial charge on any atom is -0.344 e. The number of rotatable bonds is 8. The fraction of sp³-hybridized carbons (Fsp3) is 0.389. The molecule has 0 spiro atoms. The van der Waals surface area contributed by atoms with Crippen molar-refractivity contribution in [3.8, 4) is 12.3 Å². The number of aromatic nitrogens is 2. The second-order valence-corrected chi connectivity index (χ2v) is 7.35. The van der Waals surface area contributed by atoms with Crippen LogP contribution in [0.1, 0.15) is 26.2 Å². The molecular formula is C18H20BrN3O2S. The van der Waals surface area contributed by atoms with Crippen molar-refractivity contribution in [3.05, 3.63) is 33.0 Å². The zero-order valence-electron chi connectivity index (χ0n) is 14.0. The van der Waals surface area contributed by atoms with Crippen LogP contribution in [0.4, 0.5) is 0 Å². The number of carbonyl (C=O) groups excluding carboxylic acids is 1. The summed E-state index contributed by atoms with van der Waals surface area (Å²) in [6, 6.07) is 5.44. The van der Waals surface area contributed by atoms with Gasteiger partial charge in [0, 0.05) is 11.0 Å². The van der Waals surface area contributed by atoms with Crippen molar-refractivity contribution in [1.82, 2.24) is 14.9 Å². The molecule has 2 aromatic rings. The molecule has 132 valence electrons. The van der Waals surface area contributed by atoms with E-state index >= 15 is 0 Å². The normalized spacial score (nSPS) is 10.6. The van der Waals surface area contributed by atoms with Gasteiger partial charge < -0.3 is 5.32 Å². The third-order valence-electron chi connectivity index (χ3n) is 3.59. The highest BCUT2D eigenvalue weighted by Gasteiger charge is 2.13. The highest BCUT2D eigenvalue weighted by molar-refractivity contribution is 9.10. The first-order valence-electron chi connectivity index (χ1n) is 8.10. The number of carbonyl (C=O) groups is 1. The third-order valence-corrected chi connectivity index (χ3v) is 5.06. The number of amides is 1. The average molecular weight is 422 g/mol. The van der Waals surface area contributed by atoms with Crippen molar-refractivity contribution < 1.29 is 4.79 Å². The van der Waals surface area contributed by atoms with E-state index in [0.717, 1.165) is 23.7 Å². The van der Waals surface area contributed by atoms with Gasteiger partial charge in [0.1, 0.15) is 0 Å². The molecular weight excluding hydrogens is 402 g/mol. The zero-order valence-corrected chi connectivity index (χ0v) is 16.5. The summed E-state index contributed by atoms with van der Waals surface area (Å²) in [5, 5.41) is 3.75. The molecule has 1 heterocycles. The van der Waals surface area contributed by atoms with Gasteiger partial charge >= 0.3 is 0 Å². The van der Waals surface area contributed by atoms with E-state index in [0.29, 0.717) is 22.6 Å². The van der Waals surface area contributed by atoms with Gasteiger partial charge in [-0.1, -0.05) is 53.4 Å². The number of terminal acetylenes is 1. The molecule has 0 aliphatic carbocycles. The summed E-state index contributed by atoms with van der Waals surface area (Å²) in [6.45, 7) is 2.91. The molecule has 0 saturated carbocycles. The van der Waals surface area contributed by atoms with Crippen molar-refractivity contribution in [3.63, 3.8) is 0 Å². The van der Waals surface area contributed by atoms with Crippen LogP contribution in [0, 0.1) is 12.3 Å². The first-order valence-corrected chi connectivity index (χ1v) is 9.87. The summed E-state index contributed by atoms with van der Waals surface area (Å²) in [4.78, 5) is 29.3. The summed E-state index contributed by atoms with van der Waals surface area (Å²) in [6.07, 6.45) is 8.14. The predicted molar refractivity (Wildman–Crippen MR) is 106 cm³/mol. The zero-order chi connectivity index (χ0) is 18.2.